The molecule has 1 atom stereocenters. The van der Waals surface area contributed by atoms with Crippen molar-refractivity contribution in [1.29, 1.82) is 0 Å². The van der Waals surface area contributed by atoms with Crippen molar-refractivity contribution >= 4 is 35.8 Å². The Kier molecular flexibility index (Phi) is 10.9. The lowest BCUT2D eigenvalue weighted by Gasteiger charge is -2.20. The van der Waals surface area contributed by atoms with E-state index in [1.807, 2.05) is 18.7 Å². The van der Waals surface area contributed by atoms with Gasteiger partial charge in [0.15, 0.2) is 5.96 Å². The monoisotopic (exact) mass is 452 g/mol. The van der Waals surface area contributed by atoms with Crippen LogP contribution in [-0.2, 0) is 4.79 Å². The van der Waals surface area contributed by atoms with Crippen molar-refractivity contribution in [3.63, 3.8) is 0 Å². The maximum Gasteiger partial charge on any atom is 0.225 e. The van der Waals surface area contributed by atoms with E-state index >= 15 is 0 Å². The fourth-order valence-corrected chi connectivity index (χ4v) is 2.76. The highest BCUT2D eigenvalue weighted by molar-refractivity contribution is 14.0. The van der Waals surface area contributed by atoms with Gasteiger partial charge in [0, 0.05) is 38.1 Å². The fourth-order valence-electron chi connectivity index (χ4n) is 2.76. The number of hydrogen-bond donors (Lipinski definition) is 2. The van der Waals surface area contributed by atoms with Gasteiger partial charge in [-0.15, -0.1) is 24.0 Å². The summed E-state index contributed by atoms with van der Waals surface area (Å²) in [6.07, 6.45) is 3.27. The van der Waals surface area contributed by atoms with Crippen molar-refractivity contribution in [3.8, 4) is 0 Å². The van der Waals surface area contributed by atoms with E-state index in [9.17, 15) is 4.79 Å². The Hall–Kier alpha value is -0.530. The molecular formula is C18H37IN4O. The van der Waals surface area contributed by atoms with Crippen molar-refractivity contribution < 1.29 is 4.79 Å². The average molecular weight is 452 g/mol. The number of hydrogen-bond acceptors (Lipinski definition) is 2. The van der Waals surface area contributed by atoms with Crippen molar-refractivity contribution in [1.82, 2.24) is 15.5 Å². The van der Waals surface area contributed by atoms with Crippen LogP contribution in [0.3, 0.4) is 0 Å². The smallest absolute Gasteiger partial charge is 0.225 e. The van der Waals surface area contributed by atoms with Crippen LogP contribution in [0.5, 0.6) is 0 Å². The van der Waals surface area contributed by atoms with Crippen LogP contribution < -0.4 is 10.6 Å². The molecule has 0 radical (unpaired) electrons. The van der Waals surface area contributed by atoms with Crippen molar-refractivity contribution in [3.05, 3.63) is 0 Å². The van der Waals surface area contributed by atoms with Crippen LogP contribution in [0.1, 0.15) is 60.8 Å². The van der Waals surface area contributed by atoms with Gasteiger partial charge in [-0.1, -0.05) is 34.6 Å². The molecule has 1 heterocycles. The normalized spacial score (nSPS) is 18.5. The maximum absolute atomic E-state index is 12.1. The van der Waals surface area contributed by atoms with Gasteiger partial charge in [-0.05, 0) is 31.6 Å². The number of likely N-dealkylation sites (tertiary alicyclic amines) is 1. The summed E-state index contributed by atoms with van der Waals surface area (Å²) in [4.78, 5) is 18.7. The Balaban J connectivity index is 0.00000529. The SMILES string of the molecule is CCNC(=NCCCC(C)(C)C)NC1CCN(C(=O)C(C)C)C1.I. The van der Waals surface area contributed by atoms with Gasteiger partial charge >= 0.3 is 0 Å². The topological polar surface area (TPSA) is 56.7 Å². The first kappa shape index (κ1) is 23.5. The zero-order chi connectivity index (χ0) is 17.5. The summed E-state index contributed by atoms with van der Waals surface area (Å²) in [7, 11) is 0. The summed E-state index contributed by atoms with van der Waals surface area (Å²) < 4.78 is 0. The predicted octanol–water partition coefficient (Wildman–Crippen LogP) is 3.24. The molecule has 1 rings (SSSR count). The molecule has 1 unspecified atom stereocenters. The predicted molar refractivity (Wildman–Crippen MR) is 113 cm³/mol. The summed E-state index contributed by atoms with van der Waals surface area (Å²) in [6.45, 7) is 16.1. The minimum atomic E-state index is 0. The van der Waals surface area contributed by atoms with Crippen LogP contribution in [0.2, 0.25) is 0 Å². The number of nitrogens with one attached hydrogen (secondary N) is 2. The molecule has 0 aromatic rings. The van der Waals surface area contributed by atoms with E-state index in [-0.39, 0.29) is 35.8 Å². The molecule has 0 aliphatic carbocycles. The minimum Gasteiger partial charge on any atom is -0.357 e. The van der Waals surface area contributed by atoms with E-state index in [1.54, 1.807) is 0 Å². The second kappa shape index (κ2) is 11.2. The summed E-state index contributed by atoms with van der Waals surface area (Å²) in [5, 5.41) is 6.79. The number of carbonyl (C=O) groups is 1. The molecule has 0 aromatic carbocycles. The molecule has 1 aliphatic heterocycles. The lowest BCUT2D eigenvalue weighted by molar-refractivity contribution is -0.133. The van der Waals surface area contributed by atoms with Crippen LogP contribution >= 0.6 is 24.0 Å². The standard InChI is InChI=1S/C18H36N4O.HI/c1-7-19-17(20-11-8-10-18(4,5)6)21-15-9-12-22(13-15)16(23)14(2)3;/h14-15H,7-13H2,1-6H3,(H2,19,20,21);1H. The molecule has 1 saturated heterocycles. The molecule has 0 aromatic heterocycles. The summed E-state index contributed by atoms with van der Waals surface area (Å²) in [5.74, 6) is 1.21. The van der Waals surface area contributed by atoms with Gasteiger partial charge in [-0.25, -0.2) is 0 Å². The number of carbonyl (C=O) groups excluding carboxylic acids is 1. The third-order valence-corrected chi connectivity index (χ3v) is 4.03. The third-order valence-electron chi connectivity index (χ3n) is 4.03. The molecule has 5 nitrogen and oxygen atoms in total. The quantitative estimate of drug-likeness (QED) is 0.282. The van der Waals surface area contributed by atoms with E-state index in [0.29, 0.717) is 11.5 Å². The Morgan fingerprint density at radius 1 is 1.33 bits per heavy atom. The second-order valence-corrected chi connectivity index (χ2v) is 7.99. The zero-order valence-electron chi connectivity index (χ0n) is 16.3. The summed E-state index contributed by atoms with van der Waals surface area (Å²) in [6, 6.07) is 0.304. The second-order valence-electron chi connectivity index (χ2n) is 7.99. The molecule has 2 N–H and O–H groups in total. The average Bonchev–Trinajstić information content (AvgIpc) is 2.90. The van der Waals surface area contributed by atoms with Crippen LogP contribution in [-0.4, -0.2) is 49.0 Å². The van der Waals surface area contributed by atoms with E-state index in [2.05, 4.69) is 43.3 Å². The Bertz CT molecular complexity index is 404. The molecule has 0 spiro atoms. The van der Waals surface area contributed by atoms with E-state index in [1.165, 1.54) is 6.42 Å². The zero-order valence-corrected chi connectivity index (χ0v) is 18.6. The Labute approximate surface area is 165 Å². The number of rotatable bonds is 6. The molecule has 1 amide bonds. The van der Waals surface area contributed by atoms with Crippen LogP contribution in [0, 0.1) is 11.3 Å². The molecule has 24 heavy (non-hydrogen) atoms. The number of nitrogens with zero attached hydrogens (tertiary/aromatic N) is 2. The van der Waals surface area contributed by atoms with Gasteiger partial charge in [0.05, 0.1) is 0 Å². The van der Waals surface area contributed by atoms with Crippen LogP contribution in [0.15, 0.2) is 4.99 Å². The van der Waals surface area contributed by atoms with E-state index in [4.69, 9.17) is 0 Å². The van der Waals surface area contributed by atoms with Crippen molar-refractivity contribution in [2.75, 3.05) is 26.2 Å². The van der Waals surface area contributed by atoms with Gasteiger partial charge in [-0.2, -0.15) is 0 Å². The first-order chi connectivity index (χ1) is 10.7. The third kappa shape index (κ3) is 9.08. The summed E-state index contributed by atoms with van der Waals surface area (Å²) >= 11 is 0. The molecule has 0 bridgehead atoms. The Morgan fingerprint density at radius 3 is 2.54 bits per heavy atom. The summed E-state index contributed by atoms with van der Waals surface area (Å²) in [5.41, 5.74) is 0.366. The van der Waals surface area contributed by atoms with E-state index in [0.717, 1.165) is 45.0 Å². The number of guanidine groups is 1. The van der Waals surface area contributed by atoms with Gasteiger partial charge in [0.1, 0.15) is 0 Å². The molecular weight excluding hydrogens is 415 g/mol. The molecule has 1 aliphatic rings. The van der Waals surface area contributed by atoms with Gasteiger partial charge in [0.25, 0.3) is 0 Å². The van der Waals surface area contributed by atoms with Gasteiger partial charge < -0.3 is 15.5 Å². The van der Waals surface area contributed by atoms with E-state index < -0.39 is 0 Å². The lowest BCUT2D eigenvalue weighted by Crippen LogP contribution is -2.45. The first-order valence-corrected chi connectivity index (χ1v) is 9.06. The highest BCUT2D eigenvalue weighted by Crippen LogP contribution is 2.20. The van der Waals surface area contributed by atoms with Gasteiger partial charge in [-0.3, -0.25) is 9.79 Å². The largest absolute Gasteiger partial charge is 0.357 e. The molecule has 6 heteroatoms. The lowest BCUT2D eigenvalue weighted by atomic mass is 9.91. The Morgan fingerprint density at radius 2 is 2.00 bits per heavy atom. The molecule has 1 fully saturated rings. The molecule has 142 valence electrons. The first-order valence-electron chi connectivity index (χ1n) is 9.06. The number of amides is 1. The number of halogens is 1. The van der Waals surface area contributed by atoms with Crippen molar-refractivity contribution in [2.45, 2.75) is 66.8 Å². The maximum atomic E-state index is 12.1. The van der Waals surface area contributed by atoms with Crippen molar-refractivity contribution in [2.24, 2.45) is 16.3 Å². The van der Waals surface area contributed by atoms with Gasteiger partial charge in [0.2, 0.25) is 5.91 Å². The minimum absolute atomic E-state index is 0. The fraction of sp³-hybridized carbons (Fsp3) is 0.889. The molecule has 0 saturated carbocycles. The van der Waals surface area contributed by atoms with Crippen LogP contribution in [0.25, 0.3) is 0 Å². The van der Waals surface area contributed by atoms with Crippen LogP contribution in [0.4, 0.5) is 0 Å². The highest BCUT2D eigenvalue weighted by Gasteiger charge is 2.27. The highest BCUT2D eigenvalue weighted by atomic mass is 127. The number of aliphatic imine (C=N–C) groups is 1.